The molecule has 21 heavy (non-hydrogen) atoms. The van der Waals surface area contributed by atoms with Gasteiger partial charge < -0.3 is 15.2 Å². The number of rotatable bonds is 5. The summed E-state index contributed by atoms with van der Waals surface area (Å²) in [5.74, 6) is 4.58. The van der Waals surface area contributed by atoms with Gasteiger partial charge in [0, 0.05) is 25.6 Å². The lowest BCUT2D eigenvalue weighted by molar-refractivity contribution is 0.0228. The van der Waals surface area contributed by atoms with E-state index < -0.39 is 17.3 Å². The molecule has 0 bridgehead atoms. The molecule has 4 nitrogen and oxygen atoms in total. The van der Waals surface area contributed by atoms with E-state index in [9.17, 15) is 9.18 Å². The van der Waals surface area contributed by atoms with Crippen LogP contribution in [-0.4, -0.2) is 36.9 Å². The molecular formula is C16H20FNO3. The molecule has 0 aliphatic carbocycles. The van der Waals surface area contributed by atoms with Crippen LogP contribution in [0.5, 0.6) is 0 Å². The fourth-order valence-corrected chi connectivity index (χ4v) is 1.49. The summed E-state index contributed by atoms with van der Waals surface area (Å²) in [7, 11) is 1.56. The van der Waals surface area contributed by atoms with Crippen molar-refractivity contribution in [3.8, 4) is 11.8 Å². The average molecular weight is 293 g/mol. The summed E-state index contributed by atoms with van der Waals surface area (Å²) >= 11 is 0. The Morgan fingerprint density at radius 3 is 2.81 bits per heavy atom. The summed E-state index contributed by atoms with van der Waals surface area (Å²) in [6, 6.07) is 3.85. The minimum absolute atomic E-state index is 0.0578. The van der Waals surface area contributed by atoms with Gasteiger partial charge in [-0.1, -0.05) is 11.8 Å². The first-order chi connectivity index (χ1) is 9.89. The standard InChI is InChI=1S/C16H20FNO3/c1-16(2,21-3)11-18-15(20)14-10-13(17)8-7-12(14)6-4-5-9-19/h7-8,10,19H,5,9,11H2,1-3H3,(H,18,20). The Morgan fingerprint density at radius 1 is 1.48 bits per heavy atom. The van der Waals surface area contributed by atoms with Gasteiger partial charge in [-0.15, -0.1) is 0 Å². The van der Waals surface area contributed by atoms with Crippen LogP contribution in [0.3, 0.4) is 0 Å². The molecule has 1 aromatic carbocycles. The summed E-state index contributed by atoms with van der Waals surface area (Å²) in [6.07, 6.45) is 0.301. The number of amides is 1. The molecule has 1 rings (SSSR count). The number of aliphatic hydroxyl groups excluding tert-OH is 1. The predicted octanol–water partition coefficient (Wildman–Crippen LogP) is 1.71. The van der Waals surface area contributed by atoms with E-state index in [1.807, 2.05) is 13.8 Å². The van der Waals surface area contributed by atoms with Gasteiger partial charge in [0.1, 0.15) is 5.82 Å². The highest BCUT2D eigenvalue weighted by Crippen LogP contribution is 2.12. The van der Waals surface area contributed by atoms with Crippen molar-refractivity contribution in [2.75, 3.05) is 20.3 Å². The number of carbonyl (C=O) groups excluding carboxylic acids is 1. The minimum atomic E-state index is -0.508. The molecule has 0 atom stereocenters. The number of benzene rings is 1. The molecule has 0 radical (unpaired) electrons. The third-order valence-electron chi connectivity index (χ3n) is 2.91. The van der Waals surface area contributed by atoms with E-state index in [4.69, 9.17) is 9.84 Å². The number of carbonyl (C=O) groups is 1. The van der Waals surface area contributed by atoms with Crippen molar-refractivity contribution in [3.05, 3.63) is 35.1 Å². The summed E-state index contributed by atoms with van der Waals surface area (Å²) in [5.41, 5.74) is 0.0936. The molecule has 1 aromatic rings. The molecule has 0 saturated carbocycles. The van der Waals surface area contributed by atoms with Gasteiger partial charge in [0.25, 0.3) is 5.91 Å². The number of aliphatic hydroxyl groups is 1. The number of nitrogens with one attached hydrogen (secondary N) is 1. The van der Waals surface area contributed by atoms with Crippen molar-refractivity contribution in [1.29, 1.82) is 0 Å². The maximum absolute atomic E-state index is 13.3. The molecule has 0 heterocycles. The number of methoxy groups -OCH3 is 1. The maximum Gasteiger partial charge on any atom is 0.252 e. The first-order valence-corrected chi connectivity index (χ1v) is 6.62. The van der Waals surface area contributed by atoms with E-state index in [0.717, 1.165) is 6.07 Å². The molecule has 0 spiro atoms. The van der Waals surface area contributed by atoms with E-state index >= 15 is 0 Å². The zero-order valence-corrected chi connectivity index (χ0v) is 12.5. The summed E-state index contributed by atoms with van der Waals surface area (Å²) in [6.45, 7) is 3.90. The number of hydrogen-bond acceptors (Lipinski definition) is 3. The van der Waals surface area contributed by atoms with Crippen LogP contribution >= 0.6 is 0 Å². The Morgan fingerprint density at radius 2 is 2.19 bits per heavy atom. The molecule has 0 aromatic heterocycles. The van der Waals surface area contributed by atoms with Gasteiger partial charge >= 0.3 is 0 Å². The van der Waals surface area contributed by atoms with E-state index in [1.54, 1.807) is 7.11 Å². The Hall–Kier alpha value is -1.90. The molecular weight excluding hydrogens is 273 g/mol. The monoisotopic (exact) mass is 293 g/mol. The highest BCUT2D eigenvalue weighted by molar-refractivity contribution is 5.96. The van der Waals surface area contributed by atoms with Gasteiger partial charge in [0.05, 0.1) is 17.8 Å². The van der Waals surface area contributed by atoms with E-state index in [-0.39, 0.29) is 12.2 Å². The predicted molar refractivity (Wildman–Crippen MR) is 78.4 cm³/mol. The Kier molecular flexibility index (Phi) is 6.35. The van der Waals surface area contributed by atoms with Crippen molar-refractivity contribution in [1.82, 2.24) is 5.32 Å². The normalized spacial score (nSPS) is 10.7. The fraction of sp³-hybridized carbons (Fsp3) is 0.438. The van der Waals surface area contributed by atoms with Crippen LogP contribution in [0.2, 0.25) is 0 Å². The molecule has 0 fully saturated rings. The zero-order chi connectivity index (χ0) is 15.9. The van der Waals surface area contributed by atoms with Crippen molar-refractivity contribution in [3.63, 3.8) is 0 Å². The first kappa shape index (κ1) is 17.2. The third-order valence-corrected chi connectivity index (χ3v) is 2.91. The molecule has 0 aliphatic rings. The molecule has 1 amide bonds. The smallest absolute Gasteiger partial charge is 0.252 e. The topological polar surface area (TPSA) is 58.6 Å². The van der Waals surface area contributed by atoms with Crippen LogP contribution in [0, 0.1) is 17.7 Å². The van der Waals surface area contributed by atoms with Gasteiger partial charge in [-0.25, -0.2) is 4.39 Å². The van der Waals surface area contributed by atoms with E-state index in [0.29, 0.717) is 18.5 Å². The van der Waals surface area contributed by atoms with Crippen LogP contribution in [0.25, 0.3) is 0 Å². The molecule has 0 aliphatic heterocycles. The molecule has 5 heteroatoms. The van der Waals surface area contributed by atoms with Crippen LogP contribution in [0.4, 0.5) is 4.39 Å². The van der Waals surface area contributed by atoms with Crippen LogP contribution in [0.1, 0.15) is 36.2 Å². The Bertz CT molecular complexity index is 558. The molecule has 0 saturated heterocycles. The first-order valence-electron chi connectivity index (χ1n) is 6.62. The van der Waals surface area contributed by atoms with Crippen molar-refractivity contribution in [2.24, 2.45) is 0 Å². The second kappa shape index (κ2) is 7.77. The van der Waals surface area contributed by atoms with Gasteiger partial charge in [-0.05, 0) is 32.0 Å². The molecule has 0 unspecified atom stereocenters. The lowest BCUT2D eigenvalue weighted by Crippen LogP contribution is -2.40. The van der Waals surface area contributed by atoms with E-state index in [1.165, 1.54) is 12.1 Å². The summed E-state index contributed by atoms with van der Waals surface area (Å²) in [4.78, 5) is 12.2. The highest BCUT2D eigenvalue weighted by Gasteiger charge is 2.19. The summed E-state index contributed by atoms with van der Waals surface area (Å²) in [5, 5.41) is 11.4. The SMILES string of the molecule is COC(C)(C)CNC(=O)c1cc(F)ccc1C#CCCO. The number of halogens is 1. The number of ether oxygens (including phenoxy) is 1. The van der Waals surface area contributed by atoms with Gasteiger partial charge in [0.15, 0.2) is 0 Å². The van der Waals surface area contributed by atoms with Gasteiger partial charge in [0.2, 0.25) is 0 Å². The Labute approximate surface area is 124 Å². The van der Waals surface area contributed by atoms with Gasteiger partial charge in [-0.3, -0.25) is 4.79 Å². The van der Waals surface area contributed by atoms with Crippen molar-refractivity contribution in [2.45, 2.75) is 25.9 Å². The largest absolute Gasteiger partial charge is 0.395 e. The maximum atomic E-state index is 13.3. The van der Waals surface area contributed by atoms with Crippen molar-refractivity contribution >= 4 is 5.91 Å². The molecule has 114 valence electrons. The van der Waals surface area contributed by atoms with E-state index in [2.05, 4.69) is 17.2 Å². The summed E-state index contributed by atoms with van der Waals surface area (Å²) < 4.78 is 18.6. The second-order valence-electron chi connectivity index (χ2n) is 5.11. The van der Waals surface area contributed by atoms with Crippen LogP contribution < -0.4 is 5.32 Å². The zero-order valence-electron chi connectivity index (χ0n) is 12.5. The van der Waals surface area contributed by atoms with Crippen molar-refractivity contribution < 1.29 is 19.0 Å². The third kappa shape index (κ3) is 5.54. The lowest BCUT2D eigenvalue weighted by Gasteiger charge is -2.23. The quantitative estimate of drug-likeness (QED) is 0.813. The highest BCUT2D eigenvalue weighted by atomic mass is 19.1. The fourth-order valence-electron chi connectivity index (χ4n) is 1.49. The Balaban J connectivity index is 2.92. The van der Waals surface area contributed by atoms with Crippen LogP contribution in [-0.2, 0) is 4.74 Å². The lowest BCUT2D eigenvalue weighted by atomic mass is 10.1. The average Bonchev–Trinajstić information content (AvgIpc) is 2.46. The second-order valence-corrected chi connectivity index (χ2v) is 5.11. The molecule has 2 N–H and O–H groups in total. The van der Waals surface area contributed by atoms with Crippen LogP contribution in [0.15, 0.2) is 18.2 Å². The minimum Gasteiger partial charge on any atom is -0.395 e. The number of hydrogen-bond donors (Lipinski definition) is 2. The van der Waals surface area contributed by atoms with Gasteiger partial charge in [-0.2, -0.15) is 0 Å².